The van der Waals surface area contributed by atoms with Gasteiger partial charge in [0.05, 0.1) is 19.6 Å². The predicted molar refractivity (Wildman–Crippen MR) is 95.2 cm³/mol. The highest BCUT2D eigenvalue weighted by atomic mass is 32.1. The van der Waals surface area contributed by atoms with Gasteiger partial charge in [0.15, 0.2) is 0 Å². The highest BCUT2D eigenvalue weighted by Gasteiger charge is 2.05. The molecular weight excluding hydrogens is 326 g/mol. The molecule has 0 saturated heterocycles. The van der Waals surface area contributed by atoms with Crippen molar-refractivity contribution >= 4 is 29.0 Å². The molecule has 0 unspecified atom stereocenters. The number of anilines is 1. The van der Waals surface area contributed by atoms with Crippen LogP contribution in [0.15, 0.2) is 41.8 Å². The predicted octanol–water partition coefficient (Wildman–Crippen LogP) is 2.37. The molecule has 0 aliphatic carbocycles. The fourth-order valence-electron chi connectivity index (χ4n) is 1.99. The maximum atomic E-state index is 11.9. The van der Waals surface area contributed by atoms with Crippen LogP contribution in [0, 0.1) is 0 Å². The number of urea groups is 1. The summed E-state index contributed by atoms with van der Waals surface area (Å²) in [6.07, 6.45) is 0.311. The Bertz CT molecular complexity index is 642. The Balaban J connectivity index is 1.74. The van der Waals surface area contributed by atoms with Crippen LogP contribution in [0.4, 0.5) is 10.5 Å². The Morgan fingerprint density at radius 2 is 1.92 bits per heavy atom. The van der Waals surface area contributed by atoms with Crippen LogP contribution in [0.1, 0.15) is 10.4 Å². The summed E-state index contributed by atoms with van der Waals surface area (Å²) in [5, 5.41) is 10.3. The Morgan fingerprint density at radius 3 is 2.58 bits per heavy atom. The second-order valence-corrected chi connectivity index (χ2v) is 6.14. The molecule has 0 aliphatic heterocycles. The SMILES string of the molecule is COCCNC(=O)Nc1ccc(CC(=O)NCc2cccs2)cc1. The van der Waals surface area contributed by atoms with Crippen LogP contribution in [-0.4, -0.2) is 32.2 Å². The van der Waals surface area contributed by atoms with Crippen LogP contribution in [0.25, 0.3) is 0 Å². The minimum absolute atomic E-state index is 0.0265. The van der Waals surface area contributed by atoms with E-state index in [0.29, 0.717) is 31.8 Å². The molecule has 2 rings (SSSR count). The number of hydrogen-bond donors (Lipinski definition) is 3. The molecule has 6 nitrogen and oxygen atoms in total. The number of rotatable bonds is 8. The van der Waals surface area contributed by atoms with Gasteiger partial charge in [-0.05, 0) is 29.1 Å². The molecule has 0 spiro atoms. The first kappa shape index (κ1) is 18.0. The highest BCUT2D eigenvalue weighted by molar-refractivity contribution is 7.09. The van der Waals surface area contributed by atoms with Crippen LogP contribution >= 0.6 is 11.3 Å². The van der Waals surface area contributed by atoms with Crippen molar-refractivity contribution in [2.24, 2.45) is 0 Å². The lowest BCUT2D eigenvalue weighted by atomic mass is 10.1. The minimum Gasteiger partial charge on any atom is -0.383 e. The summed E-state index contributed by atoms with van der Waals surface area (Å²) in [7, 11) is 1.58. The molecule has 24 heavy (non-hydrogen) atoms. The molecule has 3 N–H and O–H groups in total. The topological polar surface area (TPSA) is 79.5 Å². The van der Waals surface area contributed by atoms with Gasteiger partial charge in [-0.15, -0.1) is 11.3 Å². The van der Waals surface area contributed by atoms with Gasteiger partial charge in [-0.2, -0.15) is 0 Å². The summed E-state index contributed by atoms with van der Waals surface area (Å²) in [6, 6.07) is 10.9. The summed E-state index contributed by atoms with van der Waals surface area (Å²) in [5.74, 6) is -0.0265. The molecule has 0 saturated carbocycles. The summed E-state index contributed by atoms with van der Waals surface area (Å²) < 4.78 is 4.86. The second kappa shape index (κ2) is 9.69. The van der Waals surface area contributed by atoms with E-state index in [4.69, 9.17) is 4.74 Å². The van der Waals surface area contributed by atoms with Crippen molar-refractivity contribution in [2.45, 2.75) is 13.0 Å². The zero-order valence-electron chi connectivity index (χ0n) is 13.5. The standard InChI is InChI=1S/C17H21N3O3S/c1-23-9-8-18-17(22)20-14-6-4-13(5-7-14)11-16(21)19-12-15-3-2-10-24-15/h2-7,10H,8-9,11-12H2,1H3,(H,19,21)(H2,18,20,22). The number of benzene rings is 1. The van der Waals surface area contributed by atoms with Gasteiger partial charge < -0.3 is 20.7 Å². The van der Waals surface area contributed by atoms with E-state index in [9.17, 15) is 9.59 Å². The van der Waals surface area contributed by atoms with E-state index in [1.54, 1.807) is 30.6 Å². The lowest BCUT2D eigenvalue weighted by Crippen LogP contribution is -2.31. The summed E-state index contributed by atoms with van der Waals surface area (Å²) >= 11 is 1.62. The third kappa shape index (κ3) is 6.39. The van der Waals surface area contributed by atoms with Gasteiger partial charge in [-0.3, -0.25) is 4.79 Å². The van der Waals surface area contributed by atoms with Crippen molar-refractivity contribution in [3.63, 3.8) is 0 Å². The lowest BCUT2D eigenvalue weighted by Gasteiger charge is -2.08. The Hall–Kier alpha value is -2.38. The first-order valence-electron chi connectivity index (χ1n) is 7.59. The van der Waals surface area contributed by atoms with Gasteiger partial charge in [0.2, 0.25) is 5.91 Å². The van der Waals surface area contributed by atoms with Gasteiger partial charge >= 0.3 is 6.03 Å². The van der Waals surface area contributed by atoms with Crippen molar-refractivity contribution in [3.8, 4) is 0 Å². The number of thiophene rings is 1. The van der Waals surface area contributed by atoms with Crippen molar-refractivity contribution < 1.29 is 14.3 Å². The van der Waals surface area contributed by atoms with Crippen LogP contribution in [-0.2, 0) is 22.5 Å². The molecule has 2 aromatic rings. The quantitative estimate of drug-likeness (QED) is 0.642. The smallest absolute Gasteiger partial charge is 0.319 e. The van der Waals surface area contributed by atoms with E-state index in [1.807, 2.05) is 29.6 Å². The number of hydrogen-bond acceptors (Lipinski definition) is 4. The summed E-state index contributed by atoms with van der Waals surface area (Å²) in [4.78, 5) is 24.7. The average molecular weight is 347 g/mol. The van der Waals surface area contributed by atoms with E-state index < -0.39 is 0 Å². The van der Waals surface area contributed by atoms with E-state index >= 15 is 0 Å². The van der Waals surface area contributed by atoms with Crippen LogP contribution in [0.5, 0.6) is 0 Å². The van der Waals surface area contributed by atoms with Crippen LogP contribution < -0.4 is 16.0 Å². The molecule has 1 aromatic carbocycles. The largest absolute Gasteiger partial charge is 0.383 e. The van der Waals surface area contributed by atoms with Gasteiger partial charge in [0, 0.05) is 24.2 Å². The molecule has 128 valence electrons. The normalized spacial score (nSPS) is 10.2. The van der Waals surface area contributed by atoms with Gasteiger partial charge in [-0.25, -0.2) is 4.79 Å². The molecule has 0 bridgehead atoms. The molecule has 1 aromatic heterocycles. The number of carbonyl (C=O) groups excluding carboxylic acids is 2. The van der Waals surface area contributed by atoms with Crippen molar-refractivity contribution in [1.29, 1.82) is 0 Å². The number of nitrogens with one attached hydrogen (secondary N) is 3. The fraction of sp³-hybridized carbons (Fsp3) is 0.294. The number of carbonyl (C=O) groups is 2. The first-order valence-corrected chi connectivity index (χ1v) is 8.47. The minimum atomic E-state index is -0.284. The van der Waals surface area contributed by atoms with Crippen molar-refractivity contribution in [1.82, 2.24) is 10.6 Å². The Kier molecular flexibility index (Phi) is 7.25. The fourth-order valence-corrected chi connectivity index (χ4v) is 2.64. The summed E-state index contributed by atoms with van der Waals surface area (Å²) in [5.41, 5.74) is 1.57. The van der Waals surface area contributed by atoms with Crippen molar-refractivity contribution in [3.05, 3.63) is 52.2 Å². The Labute approximate surface area is 145 Å². The van der Waals surface area contributed by atoms with Gasteiger partial charge in [0.25, 0.3) is 0 Å². The maximum absolute atomic E-state index is 11.9. The third-order valence-corrected chi connectivity index (χ3v) is 4.08. The van der Waals surface area contributed by atoms with Crippen molar-refractivity contribution in [2.75, 3.05) is 25.6 Å². The van der Waals surface area contributed by atoms with E-state index in [1.165, 1.54) is 0 Å². The zero-order chi connectivity index (χ0) is 17.2. The molecule has 0 atom stereocenters. The molecular formula is C17H21N3O3S. The van der Waals surface area contributed by atoms with Crippen LogP contribution in [0.3, 0.4) is 0 Å². The number of amides is 3. The first-order chi connectivity index (χ1) is 11.7. The lowest BCUT2D eigenvalue weighted by molar-refractivity contribution is -0.120. The highest BCUT2D eigenvalue weighted by Crippen LogP contribution is 2.11. The van der Waals surface area contributed by atoms with E-state index in [0.717, 1.165) is 10.4 Å². The molecule has 7 heteroatoms. The maximum Gasteiger partial charge on any atom is 0.319 e. The van der Waals surface area contributed by atoms with Gasteiger partial charge in [0.1, 0.15) is 0 Å². The van der Waals surface area contributed by atoms with Crippen LogP contribution in [0.2, 0.25) is 0 Å². The monoisotopic (exact) mass is 347 g/mol. The number of ether oxygens (including phenoxy) is 1. The summed E-state index contributed by atoms with van der Waals surface area (Å²) in [6.45, 7) is 1.47. The molecule has 3 amide bonds. The second-order valence-electron chi connectivity index (χ2n) is 5.10. The third-order valence-electron chi connectivity index (χ3n) is 3.21. The van der Waals surface area contributed by atoms with E-state index in [2.05, 4.69) is 16.0 Å². The molecule has 0 radical (unpaired) electrons. The average Bonchev–Trinajstić information content (AvgIpc) is 3.08. The molecule has 1 heterocycles. The number of methoxy groups -OCH3 is 1. The Morgan fingerprint density at radius 1 is 1.12 bits per heavy atom. The van der Waals surface area contributed by atoms with Gasteiger partial charge in [-0.1, -0.05) is 18.2 Å². The molecule has 0 aliphatic rings. The molecule has 0 fully saturated rings. The zero-order valence-corrected chi connectivity index (χ0v) is 14.3. The van der Waals surface area contributed by atoms with E-state index in [-0.39, 0.29) is 11.9 Å².